The number of carbonyl (C=O) groups excluding carboxylic acids is 2. The summed E-state index contributed by atoms with van der Waals surface area (Å²) in [6.07, 6.45) is 0.322. The number of amides is 2. The summed E-state index contributed by atoms with van der Waals surface area (Å²) in [5.41, 5.74) is 0.101. The minimum atomic E-state index is -0.216. The lowest BCUT2D eigenvalue weighted by atomic mass is 9.83. The van der Waals surface area contributed by atoms with Crippen molar-refractivity contribution in [3.8, 4) is 0 Å². The molecular weight excluding hydrogens is 234 g/mol. The SMILES string of the molecule is CC.CC(C)(C)C(C)(C)SC1CC(=O)NC1=O. The number of rotatable bonds is 2. The molecular formula is C13H25NO2S. The third-order valence-corrected chi connectivity index (χ3v) is 5.04. The molecule has 1 saturated heterocycles. The van der Waals surface area contributed by atoms with E-state index in [1.165, 1.54) is 0 Å². The molecule has 1 rings (SSSR count). The van der Waals surface area contributed by atoms with Gasteiger partial charge in [-0.05, 0) is 5.41 Å². The zero-order chi connectivity index (χ0) is 13.9. The highest BCUT2D eigenvalue weighted by Gasteiger charge is 2.41. The fourth-order valence-corrected chi connectivity index (χ4v) is 2.62. The average Bonchev–Trinajstić information content (AvgIpc) is 2.46. The molecule has 1 fully saturated rings. The van der Waals surface area contributed by atoms with E-state index in [1.807, 2.05) is 13.8 Å². The van der Waals surface area contributed by atoms with Crippen molar-refractivity contribution in [3.63, 3.8) is 0 Å². The van der Waals surface area contributed by atoms with Crippen LogP contribution in [0.15, 0.2) is 0 Å². The second kappa shape index (κ2) is 5.89. The first kappa shape index (κ1) is 16.5. The summed E-state index contributed by atoms with van der Waals surface area (Å²) >= 11 is 1.60. The van der Waals surface area contributed by atoms with E-state index in [1.54, 1.807) is 11.8 Å². The van der Waals surface area contributed by atoms with Crippen molar-refractivity contribution in [2.45, 2.75) is 64.9 Å². The van der Waals surface area contributed by atoms with Gasteiger partial charge in [-0.2, -0.15) is 0 Å². The van der Waals surface area contributed by atoms with Crippen LogP contribution in [0.3, 0.4) is 0 Å². The molecule has 1 unspecified atom stereocenters. The van der Waals surface area contributed by atoms with Crippen molar-refractivity contribution in [1.82, 2.24) is 5.32 Å². The van der Waals surface area contributed by atoms with E-state index < -0.39 is 0 Å². The monoisotopic (exact) mass is 259 g/mol. The molecule has 0 saturated carbocycles. The van der Waals surface area contributed by atoms with Gasteiger partial charge in [0.1, 0.15) is 0 Å². The maximum Gasteiger partial charge on any atom is 0.240 e. The molecule has 1 heterocycles. The lowest BCUT2D eigenvalue weighted by Crippen LogP contribution is -2.36. The fraction of sp³-hybridized carbons (Fsp3) is 0.846. The van der Waals surface area contributed by atoms with Gasteiger partial charge in [0.2, 0.25) is 11.8 Å². The maximum absolute atomic E-state index is 11.4. The number of imide groups is 1. The van der Waals surface area contributed by atoms with Crippen LogP contribution in [0.5, 0.6) is 0 Å². The average molecular weight is 259 g/mol. The third-order valence-electron chi connectivity index (χ3n) is 3.17. The molecule has 0 aromatic carbocycles. The molecule has 0 aromatic rings. The third kappa shape index (κ3) is 4.34. The van der Waals surface area contributed by atoms with Gasteiger partial charge in [-0.25, -0.2) is 0 Å². The first-order valence-corrected chi connectivity index (χ1v) is 7.03. The Labute approximate surface area is 109 Å². The Morgan fingerprint density at radius 1 is 1.12 bits per heavy atom. The van der Waals surface area contributed by atoms with E-state index in [-0.39, 0.29) is 27.2 Å². The standard InChI is InChI=1S/C11H19NO2S.C2H6/c1-10(2,3)11(4,5)15-7-6-8(13)12-9(7)14;1-2/h7H,6H2,1-5H3,(H,12,13,14);1-2H3. The van der Waals surface area contributed by atoms with Crippen LogP contribution in [0, 0.1) is 5.41 Å². The van der Waals surface area contributed by atoms with Crippen molar-refractivity contribution in [3.05, 3.63) is 0 Å². The van der Waals surface area contributed by atoms with Crippen LogP contribution in [0.4, 0.5) is 0 Å². The van der Waals surface area contributed by atoms with Crippen molar-refractivity contribution in [1.29, 1.82) is 0 Å². The summed E-state index contributed by atoms with van der Waals surface area (Å²) in [6, 6.07) is 0. The van der Waals surface area contributed by atoms with Gasteiger partial charge in [0, 0.05) is 11.2 Å². The summed E-state index contributed by atoms with van der Waals surface area (Å²) in [4.78, 5) is 22.5. The van der Waals surface area contributed by atoms with Crippen LogP contribution in [0.1, 0.15) is 54.9 Å². The molecule has 0 aliphatic carbocycles. The largest absolute Gasteiger partial charge is 0.295 e. The fourth-order valence-electron chi connectivity index (χ4n) is 1.16. The van der Waals surface area contributed by atoms with Crippen LogP contribution in [-0.4, -0.2) is 21.8 Å². The zero-order valence-corrected chi connectivity index (χ0v) is 12.8. The summed E-state index contributed by atoms with van der Waals surface area (Å²) < 4.78 is -0.0281. The van der Waals surface area contributed by atoms with Gasteiger partial charge in [0.25, 0.3) is 0 Å². The molecule has 0 aromatic heterocycles. The highest BCUT2D eigenvalue weighted by Crippen LogP contribution is 2.44. The molecule has 0 radical (unpaired) electrons. The van der Waals surface area contributed by atoms with E-state index in [0.29, 0.717) is 6.42 Å². The second-order valence-corrected chi connectivity index (χ2v) is 7.31. The number of hydrogen-bond donors (Lipinski definition) is 1. The van der Waals surface area contributed by atoms with Crippen LogP contribution < -0.4 is 5.32 Å². The Bertz CT molecular complexity index is 292. The van der Waals surface area contributed by atoms with E-state index >= 15 is 0 Å². The van der Waals surface area contributed by atoms with Gasteiger partial charge in [0.05, 0.1) is 5.25 Å². The highest BCUT2D eigenvalue weighted by molar-refractivity contribution is 8.02. The van der Waals surface area contributed by atoms with Gasteiger partial charge in [-0.15, -0.1) is 11.8 Å². The van der Waals surface area contributed by atoms with Gasteiger partial charge in [0.15, 0.2) is 0 Å². The minimum absolute atomic E-state index is 0.0281. The first-order chi connectivity index (χ1) is 7.63. The van der Waals surface area contributed by atoms with E-state index in [9.17, 15) is 9.59 Å². The van der Waals surface area contributed by atoms with Gasteiger partial charge < -0.3 is 0 Å². The number of hydrogen-bond acceptors (Lipinski definition) is 3. The van der Waals surface area contributed by atoms with E-state index in [4.69, 9.17) is 0 Å². The Hall–Kier alpha value is -0.510. The number of thioether (sulfide) groups is 1. The Morgan fingerprint density at radius 2 is 1.59 bits per heavy atom. The first-order valence-electron chi connectivity index (χ1n) is 6.15. The predicted octanol–water partition coefficient (Wildman–Crippen LogP) is 2.99. The summed E-state index contributed by atoms with van der Waals surface area (Å²) in [5.74, 6) is -0.287. The Kier molecular flexibility index (Phi) is 5.72. The molecule has 1 N–H and O–H groups in total. The number of carbonyl (C=O) groups is 2. The highest BCUT2D eigenvalue weighted by atomic mass is 32.2. The quantitative estimate of drug-likeness (QED) is 0.775. The molecule has 0 bridgehead atoms. The molecule has 0 spiro atoms. The van der Waals surface area contributed by atoms with E-state index in [0.717, 1.165) is 0 Å². The van der Waals surface area contributed by atoms with Gasteiger partial charge >= 0.3 is 0 Å². The lowest BCUT2D eigenvalue weighted by Gasteiger charge is -2.39. The molecule has 1 aliphatic rings. The Morgan fingerprint density at radius 3 is 1.88 bits per heavy atom. The van der Waals surface area contributed by atoms with Crippen molar-refractivity contribution >= 4 is 23.6 Å². The van der Waals surface area contributed by atoms with Crippen LogP contribution in [0.25, 0.3) is 0 Å². The van der Waals surface area contributed by atoms with Crippen molar-refractivity contribution < 1.29 is 9.59 Å². The minimum Gasteiger partial charge on any atom is -0.295 e. The van der Waals surface area contributed by atoms with Gasteiger partial charge in [-0.1, -0.05) is 48.5 Å². The van der Waals surface area contributed by atoms with Crippen LogP contribution in [0.2, 0.25) is 0 Å². The molecule has 1 aliphatic heterocycles. The second-order valence-electron chi connectivity index (χ2n) is 5.48. The molecule has 3 nitrogen and oxygen atoms in total. The molecule has 100 valence electrons. The summed E-state index contributed by atoms with van der Waals surface area (Å²) in [5, 5.41) is 2.13. The van der Waals surface area contributed by atoms with Crippen LogP contribution >= 0.6 is 11.8 Å². The molecule has 4 heteroatoms. The normalized spacial score (nSPS) is 20.8. The zero-order valence-electron chi connectivity index (χ0n) is 12.0. The number of nitrogens with one attached hydrogen (secondary N) is 1. The summed E-state index contributed by atoms with van der Waals surface area (Å²) in [7, 11) is 0. The molecule has 17 heavy (non-hydrogen) atoms. The smallest absolute Gasteiger partial charge is 0.240 e. The van der Waals surface area contributed by atoms with Crippen molar-refractivity contribution in [2.75, 3.05) is 0 Å². The van der Waals surface area contributed by atoms with Crippen molar-refractivity contribution in [2.24, 2.45) is 5.41 Å². The summed E-state index contributed by atoms with van der Waals surface area (Å²) in [6.45, 7) is 14.7. The van der Waals surface area contributed by atoms with E-state index in [2.05, 4.69) is 39.9 Å². The van der Waals surface area contributed by atoms with Gasteiger partial charge in [-0.3, -0.25) is 14.9 Å². The molecule has 2 amide bonds. The molecule has 1 atom stereocenters. The lowest BCUT2D eigenvalue weighted by molar-refractivity contribution is -0.124. The van der Waals surface area contributed by atoms with Crippen LogP contribution in [-0.2, 0) is 9.59 Å². The Balaban J connectivity index is 0.00000121. The topological polar surface area (TPSA) is 46.2 Å². The predicted molar refractivity (Wildman–Crippen MR) is 74.0 cm³/mol. The maximum atomic E-state index is 11.4.